The van der Waals surface area contributed by atoms with Crippen LogP contribution in [0.15, 0.2) is 120 Å². The van der Waals surface area contributed by atoms with Gasteiger partial charge < -0.3 is 15.2 Å². The van der Waals surface area contributed by atoms with Crippen LogP contribution in [0.2, 0.25) is 0 Å². The second-order valence-corrected chi connectivity index (χ2v) is 10.6. The first kappa shape index (κ1) is 30.9. The zero-order valence-electron chi connectivity index (χ0n) is 23.5. The summed E-state index contributed by atoms with van der Waals surface area (Å²) in [5.41, 5.74) is 2.96. The Hall–Kier alpha value is -4.06. The Bertz CT molecular complexity index is 1510. The summed E-state index contributed by atoms with van der Waals surface area (Å²) in [6, 6.07) is 36.2. The molecule has 7 heteroatoms. The van der Waals surface area contributed by atoms with Crippen LogP contribution in [-0.2, 0) is 39.0 Å². The molecule has 0 radical (unpaired) electrons. The summed E-state index contributed by atoms with van der Waals surface area (Å²) in [5.74, 6) is -1.22. The van der Waals surface area contributed by atoms with Crippen molar-refractivity contribution < 1.29 is 31.2 Å². The van der Waals surface area contributed by atoms with Gasteiger partial charge in [-0.25, -0.2) is 4.79 Å². The second-order valence-electron chi connectivity index (χ2n) is 10.6. The summed E-state index contributed by atoms with van der Waals surface area (Å²) >= 11 is 0. The van der Waals surface area contributed by atoms with Gasteiger partial charge in [-0.15, -0.1) is 5.69 Å². The van der Waals surface area contributed by atoms with Gasteiger partial charge in [-0.05, 0) is 43.0 Å². The van der Waals surface area contributed by atoms with Crippen LogP contribution >= 0.6 is 0 Å². The van der Waals surface area contributed by atoms with E-state index < -0.39 is 11.5 Å². The third-order valence-electron chi connectivity index (χ3n) is 7.52. The van der Waals surface area contributed by atoms with Crippen LogP contribution in [0.4, 0.5) is 5.69 Å². The van der Waals surface area contributed by atoms with Gasteiger partial charge in [-0.2, -0.15) is 0 Å². The molecule has 1 amide bonds. The minimum absolute atomic E-state index is 0. The first-order chi connectivity index (χ1) is 19.9. The molecule has 2 atom stereocenters. The first-order valence-corrected chi connectivity index (χ1v) is 14.0. The minimum atomic E-state index is -1.44. The van der Waals surface area contributed by atoms with Crippen molar-refractivity contribution in [3.05, 3.63) is 143 Å². The Labute approximate surface area is 257 Å². The largest absolute Gasteiger partial charge is 0.625 e. The number of aliphatic carboxylic acids is 1. The second kappa shape index (κ2) is 14.2. The van der Waals surface area contributed by atoms with E-state index in [4.69, 9.17) is 4.99 Å². The van der Waals surface area contributed by atoms with E-state index in [9.17, 15) is 14.7 Å². The fourth-order valence-corrected chi connectivity index (χ4v) is 5.36. The van der Waals surface area contributed by atoms with E-state index in [0.717, 1.165) is 36.1 Å². The number of rotatable bonds is 10. The molecule has 0 saturated carbocycles. The Morgan fingerprint density at radius 3 is 2.07 bits per heavy atom. The van der Waals surface area contributed by atoms with E-state index in [0.29, 0.717) is 23.5 Å². The van der Waals surface area contributed by atoms with Gasteiger partial charge in [0.15, 0.2) is 5.54 Å². The Morgan fingerprint density at radius 1 is 0.857 bits per heavy atom. The predicted octanol–water partition coefficient (Wildman–Crippen LogP) is 6.80. The number of carboxylic acid groups (broad SMARTS) is 1. The number of carbonyl (C=O) groups is 2. The van der Waals surface area contributed by atoms with Crippen LogP contribution in [0.3, 0.4) is 0 Å². The molecule has 1 aliphatic rings. The number of carboxylic acids is 1. The van der Waals surface area contributed by atoms with E-state index >= 15 is 0 Å². The van der Waals surface area contributed by atoms with Crippen LogP contribution in [0.1, 0.15) is 42.0 Å². The SMILES string of the molecule is C[C@@](Cc1ccccc1)(N=C(c1ccccc1)c1ccccc1[N-]C(=O)[C@@H]1CCCN1Cc1ccccc1)C(=O)O.[Ni]. The zero-order valence-corrected chi connectivity index (χ0v) is 24.5. The maximum Gasteiger partial charge on any atom is 0.331 e. The van der Waals surface area contributed by atoms with Crippen LogP contribution in [0.5, 0.6) is 0 Å². The molecule has 1 N–H and O–H groups in total. The Balaban J connectivity index is 0.00000405. The predicted molar refractivity (Wildman–Crippen MR) is 163 cm³/mol. The summed E-state index contributed by atoms with van der Waals surface area (Å²) in [4.78, 5) is 33.4. The van der Waals surface area contributed by atoms with E-state index in [-0.39, 0.29) is 34.9 Å². The number of amides is 1. The van der Waals surface area contributed by atoms with E-state index in [1.54, 1.807) is 13.0 Å². The van der Waals surface area contributed by atoms with Crippen LogP contribution in [0.25, 0.3) is 5.32 Å². The molecule has 42 heavy (non-hydrogen) atoms. The standard InChI is InChI=1S/C35H35N3O3.Ni/c1-35(34(40)41,24-26-14-5-2-6-15-26)37-32(28-18-9-4-10-19-28)29-20-11-12-21-30(29)36-33(39)31-22-13-23-38(31)25-27-16-7-3-8-17-27;/h2-12,14-21,31H,13,22-25H2,1H3,(H2,36,37,39,40,41);/p-1/t31-,35-;/m0./s1. The van der Waals surface area contributed by atoms with Gasteiger partial charge in [0, 0.05) is 35.0 Å². The molecular formula is C35H34N3NiO3-. The number of hydrogen-bond acceptors (Lipinski definition) is 4. The normalized spacial score (nSPS) is 16.7. The molecule has 5 rings (SSSR count). The number of likely N-dealkylation sites (tertiary alicyclic amines) is 1. The van der Waals surface area contributed by atoms with Crippen LogP contribution < -0.4 is 0 Å². The van der Waals surface area contributed by atoms with Gasteiger partial charge in [0.1, 0.15) is 0 Å². The molecule has 0 bridgehead atoms. The molecule has 6 nitrogen and oxygen atoms in total. The molecule has 0 unspecified atom stereocenters. The molecule has 1 fully saturated rings. The van der Waals surface area contributed by atoms with Gasteiger partial charge in [-0.3, -0.25) is 9.89 Å². The van der Waals surface area contributed by atoms with Crippen molar-refractivity contribution in [2.24, 2.45) is 4.99 Å². The summed E-state index contributed by atoms with van der Waals surface area (Å²) in [6.45, 7) is 3.17. The van der Waals surface area contributed by atoms with Crippen LogP contribution in [0, 0.1) is 0 Å². The van der Waals surface area contributed by atoms with Crippen molar-refractivity contribution >= 4 is 23.3 Å². The Kier molecular flexibility index (Phi) is 10.5. The summed E-state index contributed by atoms with van der Waals surface area (Å²) < 4.78 is 0. The number of para-hydroxylation sites is 1. The van der Waals surface area contributed by atoms with Gasteiger partial charge in [0.2, 0.25) is 0 Å². The molecular weight excluding hydrogens is 569 g/mol. The number of carbonyl (C=O) groups excluding carboxylic acids is 1. The molecule has 1 saturated heterocycles. The van der Waals surface area contributed by atoms with Crippen molar-refractivity contribution in [2.75, 3.05) is 6.54 Å². The van der Waals surface area contributed by atoms with Crippen LogP contribution in [-0.4, -0.2) is 45.7 Å². The maximum absolute atomic E-state index is 13.6. The average Bonchev–Trinajstić information content (AvgIpc) is 3.46. The third kappa shape index (κ3) is 7.41. The van der Waals surface area contributed by atoms with E-state index in [1.165, 1.54) is 0 Å². The fraction of sp³-hybridized carbons (Fsp3) is 0.229. The van der Waals surface area contributed by atoms with Crippen molar-refractivity contribution in [3.8, 4) is 0 Å². The topological polar surface area (TPSA) is 84.1 Å². The molecule has 218 valence electrons. The van der Waals surface area contributed by atoms with Crippen molar-refractivity contribution in [1.82, 2.24) is 4.90 Å². The number of hydrogen-bond donors (Lipinski definition) is 1. The first-order valence-electron chi connectivity index (χ1n) is 14.0. The molecule has 4 aromatic carbocycles. The van der Waals surface area contributed by atoms with E-state index in [2.05, 4.69) is 22.3 Å². The quantitative estimate of drug-likeness (QED) is 0.160. The molecule has 1 aliphatic heterocycles. The van der Waals surface area contributed by atoms with E-state index in [1.807, 2.05) is 97.1 Å². The minimum Gasteiger partial charge on any atom is -0.625 e. The number of nitrogens with zero attached hydrogens (tertiary/aromatic N) is 3. The molecule has 1 heterocycles. The summed E-state index contributed by atoms with van der Waals surface area (Å²) in [7, 11) is 0. The maximum atomic E-state index is 13.6. The third-order valence-corrected chi connectivity index (χ3v) is 7.52. The molecule has 4 aromatic rings. The zero-order chi connectivity index (χ0) is 28.7. The monoisotopic (exact) mass is 602 g/mol. The van der Waals surface area contributed by atoms with Crippen molar-refractivity contribution in [2.45, 2.75) is 44.3 Å². The smallest absolute Gasteiger partial charge is 0.331 e. The Morgan fingerprint density at radius 2 is 1.43 bits per heavy atom. The van der Waals surface area contributed by atoms with Crippen molar-refractivity contribution in [3.63, 3.8) is 0 Å². The summed E-state index contributed by atoms with van der Waals surface area (Å²) in [6.07, 6.45) is 1.91. The van der Waals surface area contributed by atoms with Gasteiger partial charge in [0.05, 0.1) is 17.7 Å². The number of aliphatic imine (C=N–C) groups is 1. The molecule has 0 aliphatic carbocycles. The fourth-order valence-electron chi connectivity index (χ4n) is 5.36. The number of benzene rings is 4. The molecule has 0 spiro atoms. The summed E-state index contributed by atoms with van der Waals surface area (Å²) in [5, 5.41) is 15.0. The average molecular weight is 603 g/mol. The van der Waals surface area contributed by atoms with Gasteiger partial charge in [0.25, 0.3) is 0 Å². The van der Waals surface area contributed by atoms with Crippen molar-refractivity contribution in [1.29, 1.82) is 0 Å². The van der Waals surface area contributed by atoms with Gasteiger partial charge >= 0.3 is 5.97 Å². The van der Waals surface area contributed by atoms with Gasteiger partial charge in [-0.1, -0.05) is 115 Å². The molecule has 0 aromatic heterocycles.